The van der Waals surface area contributed by atoms with Gasteiger partial charge in [0.1, 0.15) is 5.75 Å². The van der Waals surface area contributed by atoms with Gasteiger partial charge >= 0.3 is 6.01 Å². The van der Waals surface area contributed by atoms with Gasteiger partial charge in [-0.15, -0.1) is 0 Å². The highest BCUT2D eigenvalue weighted by molar-refractivity contribution is 6.30. The molecule has 0 bridgehead atoms. The van der Waals surface area contributed by atoms with Crippen LogP contribution in [0.25, 0.3) is 0 Å². The fourth-order valence-corrected chi connectivity index (χ4v) is 1.71. The molecule has 1 N–H and O–H groups in total. The zero-order valence-corrected chi connectivity index (χ0v) is 11.5. The Morgan fingerprint density at radius 1 is 1.26 bits per heavy atom. The van der Waals surface area contributed by atoms with E-state index in [2.05, 4.69) is 22.2 Å². The van der Waals surface area contributed by atoms with E-state index in [4.69, 9.17) is 16.3 Å². The normalized spacial score (nSPS) is 10.4. The summed E-state index contributed by atoms with van der Waals surface area (Å²) in [6.45, 7) is 3.89. The van der Waals surface area contributed by atoms with E-state index in [0.29, 0.717) is 16.8 Å². The molecule has 19 heavy (non-hydrogen) atoms. The van der Waals surface area contributed by atoms with Crippen molar-refractivity contribution in [3.05, 3.63) is 47.2 Å². The molecule has 4 nitrogen and oxygen atoms in total. The molecule has 1 aromatic heterocycles. The van der Waals surface area contributed by atoms with Gasteiger partial charge < -0.3 is 10.1 Å². The summed E-state index contributed by atoms with van der Waals surface area (Å²) < 4.78 is 5.51. The fraction of sp³-hybridized carbons (Fsp3) is 0.286. The van der Waals surface area contributed by atoms with Crippen molar-refractivity contribution in [3.63, 3.8) is 0 Å². The van der Waals surface area contributed by atoms with E-state index in [9.17, 15) is 0 Å². The third-order valence-electron chi connectivity index (χ3n) is 2.44. The highest BCUT2D eigenvalue weighted by Crippen LogP contribution is 2.21. The Morgan fingerprint density at radius 3 is 2.74 bits per heavy atom. The van der Waals surface area contributed by atoms with E-state index in [1.54, 1.807) is 24.5 Å². The molecular weight excluding hydrogens is 262 g/mol. The molecule has 0 atom stereocenters. The van der Waals surface area contributed by atoms with Gasteiger partial charge in [-0.25, -0.2) is 9.97 Å². The number of nitrogens with zero attached hydrogens (tertiary/aromatic N) is 2. The Bertz CT molecular complexity index is 516. The van der Waals surface area contributed by atoms with Crippen LogP contribution in [0.15, 0.2) is 36.7 Å². The average molecular weight is 278 g/mol. The van der Waals surface area contributed by atoms with Crippen LogP contribution >= 0.6 is 11.6 Å². The van der Waals surface area contributed by atoms with Crippen molar-refractivity contribution in [3.8, 4) is 11.8 Å². The molecule has 0 fully saturated rings. The number of rotatable bonds is 6. The van der Waals surface area contributed by atoms with Crippen molar-refractivity contribution in [1.29, 1.82) is 0 Å². The lowest BCUT2D eigenvalue weighted by atomic mass is 10.3. The summed E-state index contributed by atoms with van der Waals surface area (Å²) in [5.74, 6) is 0.629. The summed E-state index contributed by atoms with van der Waals surface area (Å²) in [4.78, 5) is 8.33. The van der Waals surface area contributed by atoms with Crippen LogP contribution in [0.3, 0.4) is 0 Å². The molecule has 0 aliphatic heterocycles. The van der Waals surface area contributed by atoms with E-state index >= 15 is 0 Å². The van der Waals surface area contributed by atoms with E-state index in [1.165, 1.54) is 0 Å². The topological polar surface area (TPSA) is 47.0 Å². The van der Waals surface area contributed by atoms with E-state index in [1.807, 2.05) is 12.1 Å². The lowest BCUT2D eigenvalue weighted by molar-refractivity contribution is 0.440. The average Bonchev–Trinajstić information content (AvgIpc) is 2.41. The second kappa shape index (κ2) is 7.07. The third-order valence-corrected chi connectivity index (χ3v) is 2.68. The number of hydrogen-bond donors (Lipinski definition) is 1. The summed E-state index contributed by atoms with van der Waals surface area (Å²) in [5.41, 5.74) is 1.03. The predicted octanol–water partition coefficient (Wildman–Crippen LogP) is 3.42. The zero-order valence-electron chi connectivity index (χ0n) is 10.8. The van der Waals surface area contributed by atoms with Crippen LogP contribution in [0, 0.1) is 0 Å². The minimum absolute atomic E-state index is 0.321. The minimum Gasteiger partial charge on any atom is -0.424 e. The monoisotopic (exact) mass is 277 g/mol. The molecule has 0 spiro atoms. The first kappa shape index (κ1) is 13.8. The Labute approximate surface area is 117 Å². The van der Waals surface area contributed by atoms with E-state index in [-0.39, 0.29) is 0 Å². The predicted molar refractivity (Wildman–Crippen MR) is 75.6 cm³/mol. The van der Waals surface area contributed by atoms with Gasteiger partial charge in [-0.05, 0) is 31.2 Å². The number of halogens is 1. The summed E-state index contributed by atoms with van der Waals surface area (Å²) in [6, 6.07) is 7.47. The summed E-state index contributed by atoms with van der Waals surface area (Å²) >= 11 is 5.88. The van der Waals surface area contributed by atoms with Crippen molar-refractivity contribution in [2.24, 2.45) is 0 Å². The van der Waals surface area contributed by atoms with Gasteiger partial charge in [0, 0.05) is 29.5 Å². The van der Waals surface area contributed by atoms with Crippen LogP contribution < -0.4 is 10.1 Å². The molecule has 0 aliphatic rings. The maximum Gasteiger partial charge on any atom is 0.321 e. The molecule has 1 heterocycles. The molecule has 5 heteroatoms. The van der Waals surface area contributed by atoms with E-state index < -0.39 is 0 Å². The van der Waals surface area contributed by atoms with Crippen LogP contribution in [0.5, 0.6) is 11.8 Å². The Hall–Kier alpha value is -1.65. The summed E-state index contributed by atoms with van der Waals surface area (Å²) in [6.07, 6.45) is 4.63. The molecule has 1 aromatic carbocycles. The quantitative estimate of drug-likeness (QED) is 0.822. The zero-order chi connectivity index (χ0) is 13.5. The molecule has 0 saturated heterocycles. The number of nitrogens with one attached hydrogen (secondary N) is 1. The van der Waals surface area contributed by atoms with Crippen molar-refractivity contribution < 1.29 is 4.74 Å². The molecule has 0 aliphatic carbocycles. The van der Waals surface area contributed by atoms with Crippen LogP contribution in [0.4, 0.5) is 0 Å². The van der Waals surface area contributed by atoms with Crippen LogP contribution in [0.1, 0.15) is 18.9 Å². The van der Waals surface area contributed by atoms with Gasteiger partial charge in [0.05, 0.1) is 0 Å². The number of aromatic nitrogens is 2. The van der Waals surface area contributed by atoms with Gasteiger partial charge in [0.2, 0.25) is 0 Å². The molecule has 0 saturated carbocycles. The molecule has 0 radical (unpaired) electrons. The van der Waals surface area contributed by atoms with Gasteiger partial charge in [-0.1, -0.05) is 24.6 Å². The molecule has 2 rings (SSSR count). The fourth-order valence-electron chi connectivity index (χ4n) is 1.53. The Kier molecular flexibility index (Phi) is 5.12. The molecule has 2 aromatic rings. The van der Waals surface area contributed by atoms with Crippen molar-refractivity contribution in [1.82, 2.24) is 15.3 Å². The molecule has 0 amide bonds. The lowest BCUT2D eigenvalue weighted by Crippen LogP contribution is -2.14. The van der Waals surface area contributed by atoms with Crippen LogP contribution in [-0.4, -0.2) is 16.5 Å². The summed E-state index contributed by atoms with van der Waals surface area (Å²) in [7, 11) is 0. The SMILES string of the molecule is CCCNCc1cnc(Oc2cccc(Cl)c2)nc1. The second-order valence-corrected chi connectivity index (χ2v) is 4.55. The minimum atomic E-state index is 0.321. The van der Waals surface area contributed by atoms with Crippen LogP contribution in [0.2, 0.25) is 5.02 Å². The third kappa shape index (κ3) is 4.50. The largest absolute Gasteiger partial charge is 0.424 e. The Balaban J connectivity index is 1.95. The first-order chi connectivity index (χ1) is 9.28. The number of benzene rings is 1. The van der Waals surface area contributed by atoms with Crippen molar-refractivity contribution >= 4 is 11.6 Å². The number of hydrogen-bond acceptors (Lipinski definition) is 4. The lowest BCUT2D eigenvalue weighted by Gasteiger charge is -2.05. The highest BCUT2D eigenvalue weighted by Gasteiger charge is 2.01. The first-order valence-corrected chi connectivity index (χ1v) is 6.61. The van der Waals surface area contributed by atoms with Crippen molar-refractivity contribution in [2.45, 2.75) is 19.9 Å². The maximum absolute atomic E-state index is 5.88. The van der Waals surface area contributed by atoms with Gasteiger partial charge in [0.15, 0.2) is 0 Å². The van der Waals surface area contributed by atoms with Crippen molar-refractivity contribution in [2.75, 3.05) is 6.54 Å². The smallest absolute Gasteiger partial charge is 0.321 e. The molecule has 100 valence electrons. The van der Waals surface area contributed by atoms with Gasteiger partial charge in [-0.3, -0.25) is 0 Å². The van der Waals surface area contributed by atoms with Crippen LogP contribution in [-0.2, 0) is 6.54 Å². The highest BCUT2D eigenvalue weighted by atomic mass is 35.5. The summed E-state index contributed by atoms with van der Waals surface area (Å²) in [5, 5.41) is 3.91. The van der Waals surface area contributed by atoms with E-state index in [0.717, 1.165) is 25.1 Å². The van der Waals surface area contributed by atoms with Gasteiger partial charge in [-0.2, -0.15) is 0 Å². The standard InChI is InChI=1S/C14H16ClN3O/c1-2-6-16-8-11-9-17-14(18-10-11)19-13-5-3-4-12(15)7-13/h3-5,7,9-10,16H,2,6,8H2,1H3. The first-order valence-electron chi connectivity index (χ1n) is 6.23. The number of ether oxygens (including phenoxy) is 1. The van der Waals surface area contributed by atoms with Gasteiger partial charge in [0.25, 0.3) is 0 Å². The molecule has 0 unspecified atom stereocenters. The Morgan fingerprint density at radius 2 is 2.05 bits per heavy atom. The second-order valence-electron chi connectivity index (χ2n) is 4.11. The maximum atomic E-state index is 5.88. The molecular formula is C14H16ClN3O.